The number of rotatable bonds is 5. The Hall–Kier alpha value is -0.0800. The second kappa shape index (κ2) is 5.61. The zero-order valence-electron chi connectivity index (χ0n) is 8.96. The summed E-state index contributed by atoms with van der Waals surface area (Å²) in [5.41, 5.74) is 5.97. The minimum Gasteiger partial charge on any atom is -0.381 e. The molecule has 2 heteroatoms. The molecule has 0 aromatic rings. The number of hydrogen-bond donors (Lipinski definition) is 1. The van der Waals surface area contributed by atoms with Gasteiger partial charge in [0.05, 0.1) is 0 Å². The van der Waals surface area contributed by atoms with Crippen LogP contribution in [0.15, 0.2) is 0 Å². The quantitative estimate of drug-likeness (QED) is 0.712. The molecule has 0 aliphatic carbocycles. The van der Waals surface area contributed by atoms with E-state index in [1.807, 2.05) is 0 Å². The molecule has 1 fully saturated rings. The van der Waals surface area contributed by atoms with E-state index in [4.69, 9.17) is 10.5 Å². The summed E-state index contributed by atoms with van der Waals surface area (Å²) in [5, 5.41) is 0. The predicted octanol–water partition coefficient (Wildman–Crippen LogP) is 2.18. The van der Waals surface area contributed by atoms with Crippen LogP contribution in [0.1, 0.15) is 39.5 Å². The standard InChI is InChI=1S/C11H23NO/c1-9(2)11(12)5-3-4-10-6-7-13-8-10/h9-11H,3-8,12H2,1-2H3. The SMILES string of the molecule is CC(C)C(N)CCCC1CCOC1. The van der Waals surface area contributed by atoms with Crippen LogP contribution < -0.4 is 5.73 Å². The van der Waals surface area contributed by atoms with Crippen LogP contribution >= 0.6 is 0 Å². The molecule has 78 valence electrons. The molecule has 0 radical (unpaired) electrons. The van der Waals surface area contributed by atoms with Crippen LogP contribution in [0.25, 0.3) is 0 Å². The average Bonchev–Trinajstić information content (AvgIpc) is 2.56. The first kappa shape index (κ1) is 11.0. The van der Waals surface area contributed by atoms with Crippen molar-refractivity contribution >= 4 is 0 Å². The van der Waals surface area contributed by atoms with Crippen LogP contribution in [0.2, 0.25) is 0 Å². The topological polar surface area (TPSA) is 35.2 Å². The van der Waals surface area contributed by atoms with Crippen molar-refractivity contribution in [1.82, 2.24) is 0 Å². The Balaban J connectivity index is 1.99. The van der Waals surface area contributed by atoms with Gasteiger partial charge in [0.2, 0.25) is 0 Å². The second-order valence-electron chi connectivity index (χ2n) is 4.57. The Bertz CT molecular complexity index is 128. The van der Waals surface area contributed by atoms with Gasteiger partial charge in [-0.1, -0.05) is 20.3 Å². The lowest BCUT2D eigenvalue weighted by molar-refractivity contribution is 0.183. The van der Waals surface area contributed by atoms with Crippen molar-refractivity contribution in [1.29, 1.82) is 0 Å². The highest BCUT2D eigenvalue weighted by Gasteiger charge is 2.15. The van der Waals surface area contributed by atoms with E-state index in [9.17, 15) is 0 Å². The Kier molecular flexibility index (Phi) is 4.74. The van der Waals surface area contributed by atoms with Crippen LogP contribution in [0.3, 0.4) is 0 Å². The molecule has 0 spiro atoms. The van der Waals surface area contributed by atoms with Crippen LogP contribution in [0.5, 0.6) is 0 Å². The molecule has 0 bridgehead atoms. The van der Waals surface area contributed by atoms with E-state index in [1.165, 1.54) is 25.7 Å². The summed E-state index contributed by atoms with van der Waals surface area (Å²) < 4.78 is 5.33. The van der Waals surface area contributed by atoms with E-state index in [1.54, 1.807) is 0 Å². The maximum atomic E-state index is 5.97. The smallest absolute Gasteiger partial charge is 0.0495 e. The Labute approximate surface area is 81.8 Å². The summed E-state index contributed by atoms with van der Waals surface area (Å²) in [4.78, 5) is 0. The van der Waals surface area contributed by atoms with Gasteiger partial charge < -0.3 is 10.5 Å². The van der Waals surface area contributed by atoms with E-state index in [0.29, 0.717) is 12.0 Å². The average molecular weight is 185 g/mol. The maximum absolute atomic E-state index is 5.97. The molecule has 1 saturated heterocycles. The van der Waals surface area contributed by atoms with E-state index in [0.717, 1.165) is 19.1 Å². The van der Waals surface area contributed by atoms with Crippen molar-refractivity contribution in [2.24, 2.45) is 17.6 Å². The third-order valence-electron chi connectivity index (χ3n) is 3.03. The Morgan fingerprint density at radius 1 is 1.46 bits per heavy atom. The number of nitrogens with two attached hydrogens (primary N) is 1. The first-order valence-electron chi connectivity index (χ1n) is 5.53. The molecule has 1 rings (SSSR count). The van der Waals surface area contributed by atoms with Crippen LogP contribution in [-0.2, 0) is 4.74 Å². The second-order valence-corrected chi connectivity index (χ2v) is 4.57. The largest absolute Gasteiger partial charge is 0.381 e. The van der Waals surface area contributed by atoms with Crippen molar-refractivity contribution < 1.29 is 4.74 Å². The molecule has 1 aliphatic heterocycles. The number of hydrogen-bond acceptors (Lipinski definition) is 2. The van der Waals surface area contributed by atoms with Crippen LogP contribution in [0, 0.1) is 11.8 Å². The monoisotopic (exact) mass is 185 g/mol. The molecule has 0 aromatic heterocycles. The highest BCUT2D eigenvalue weighted by Crippen LogP contribution is 2.20. The molecule has 1 heterocycles. The number of ether oxygens (including phenoxy) is 1. The normalized spacial score (nSPS) is 25.4. The minimum atomic E-state index is 0.391. The highest BCUT2D eigenvalue weighted by molar-refractivity contribution is 4.68. The van der Waals surface area contributed by atoms with E-state index >= 15 is 0 Å². The fourth-order valence-corrected chi connectivity index (χ4v) is 1.79. The summed E-state index contributed by atoms with van der Waals surface area (Å²) >= 11 is 0. The van der Waals surface area contributed by atoms with Gasteiger partial charge >= 0.3 is 0 Å². The molecule has 13 heavy (non-hydrogen) atoms. The summed E-state index contributed by atoms with van der Waals surface area (Å²) in [7, 11) is 0. The minimum absolute atomic E-state index is 0.391. The molecular weight excluding hydrogens is 162 g/mol. The zero-order valence-corrected chi connectivity index (χ0v) is 8.96. The molecule has 0 saturated carbocycles. The zero-order chi connectivity index (χ0) is 9.68. The summed E-state index contributed by atoms with van der Waals surface area (Å²) in [6, 6.07) is 0.391. The van der Waals surface area contributed by atoms with Gasteiger partial charge in [-0.2, -0.15) is 0 Å². The summed E-state index contributed by atoms with van der Waals surface area (Å²) in [5.74, 6) is 1.44. The van der Waals surface area contributed by atoms with E-state index < -0.39 is 0 Å². The molecule has 2 N–H and O–H groups in total. The molecule has 1 aliphatic rings. The van der Waals surface area contributed by atoms with Gasteiger partial charge in [0.1, 0.15) is 0 Å². The molecule has 0 amide bonds. The van der Waals surface area contributed by atoms with Crippen molar-refractivity contribution in [2.45, 2.75) is 45.6 Å². The van der Waals surface area contributed by atoms with Gasteiger partial charge in [0, 0.05) is 19.3 Å². The van der Waals surface area contributed by atoms with Gasteiger partial charge in [-0.3, -0.25) is 0 Å². The molecule has 0 aromatic carbocycles. The summed E-state index contributed by atoms with van der Waals surface area (Å²) in [6.07, 6.45) is 5.01. The first-order chi connectivity index (χ1) is 6.20. The fraction of sp³-hybridized carbons (Fsp3) is 1.00. The van der Waals surface area contributed by atoms with Crippen molar-refractivity contribution in [3.63, 3.8) is 0 Å². The lowest BCUT2D eigenvalue weighted by atomic mass is 9.95. The van der Waals surface area contributed by atoms with Gasteiger partial charge in [0.25, 0.3) is 0 Å². The lowest BCUT2D eigenvalue weighted by Crippen LogP contribution is -2.26. The Morgan fingerprint density at radius 2 is 2.23 bits per heavy atom. The van der Waals surface area contributed by atoms with Gasteiger partial charge in [-0.25, -0.2) is 0 Å². The fourth-order valence-electron chi connectivity index (χ4n) is 1.79. The van der Waals surface area contributed by atoms with Gasteiger partial charge in [-0.15, -0.1) is 0 Å². The van der Waals surface area contributed by atoms with Gasteiger partial charge in [0.15, 0.2) is 0 Å². The van der Waals surface area contributed by atoms with Gasteiger partial charge in [-0.05, 0) is 31.1 Å². The third kappa shape index (κ3) is 4.10. The summed E-state index contributed by atoms with van der Waals surface area (Å²) in [6.45, 7) is 6.35. The van der Waals surface area contributed by atoms with E-state index in [2.05, 4.69) is 13.8 Å². The third-order valence-corrected chi connectivity index (χ3v) is 3.03. The first-order valence-corrected chi connectivity index (χ1v) is 5.53. The molecular formula is C11H23NO. The molecule has 2 nitrogen and oxygen atoms in total. The highest BCUT2D eigenvalue weighted by atomic mass is 16.5. The molecule has 2 unspecified atom stereocenters. The van der Waals surface area contributed by atoms with Crippen molar-refractivity contribution in [3.8, 4) is 0 Å². The Morgan fingerprint density at radius 3 is 2.77 bits per heavy atom. The van der Waals surface area contributed by atoms with E-state index in [-0.39, 0.29) is 0 Å². The van der Waals surface area contributed by atoms with Crippen molar-refractivity contribution in [2.75, 3.05) is 13.2 Å². The van der Waals surface area contributed by atoms with Crippen LogP contribution in [0.4, 0.5) is 0 Å². The lowest BCUT2D eigenvalue weighted by Gasteiger charge is -2.16. The van der Waals surface area contributed by atoms with Crippen LogP contribution in [-0.4, -0.2) is 19.3 Å². The maximum Gasteiger partial charge on any atom is 0.0495 e. The predicted molar refractivity (Wildman–Crippen MR) is 55.6 cm³/mol. The van der Waals surface area contributed by atoms with Crippen molar-refractivity contribution in [3.05, 3.63) is 0 Å². The molecule has 2 atom stereocenters.